The molecule has 6 heteroatoms. The van der Waals surface area contributed by atoms with Crippen LogP contribution < -0.4 is 10.6 Å². The molecule has 0 unspecified atom stereocenters. The molecule has 0 spiro atoms. The highest BCUT2D eigenvalue weighted by Gasteiger charge is 2.41. The molecule has 0 saturated carbocycles. The summed E-state index contributed by atoms with van der Waals surface area (Å²) in [4.78, 5) is 23.1. The SMILES string of the molecule is CC(C)(O)[C@H]1CCN1c1nc2c(c(-c3ccc(C(N)=O)cc3)n1)CCC2. The Labute approximate surface area is 153 Å². The van der Waals surface area contributed by atoms with Crippen LogP contribution >= 0.6 is 0 Å². The molecule has 2 heterocycles. The van der Waals surface area contributed by atoms with Crippen molar-refractivity contribution in [3.8, 4) is 11.3 Å². The molecule has 2 aromatic rings. The third-order valence-corrected chi connectivity index (χ3v) is 5.46. The number of nitrogens with zero attached hydrogens (tertiary/aromatic N) is 3. The first-order valence-electron chi connectivity index (χ1n) is 9.13. The van der Waals surface area contributed by atoms with Gasteiger partial charge in [-0.05, 0) is 51.7 Å². The molecule has 1 aromatic heterocycles. The first-order valence-corrected chi connectivity index (χ1v) is 9.13. The lowest BCUT2D eigenvalue weighted by Crippen LogP contribution is -2.59. The van der Waals surface area contributed by atoms with Crippen molar-refractivity contribution in [1.29, 1.82) is 0 Å². The van der Waals surface area contributed by atoms with Gasteiger partial charge >= 0.3 is 0 Å². The number of aliphatic hydroxyl groups is 1. The van der Waals surface area contributed by atoms with E-state index in [-0.39, 0.29) is 6.04 Å². The van der Waals surface area contributed by atoms with E-state index in [1.165, 1.54) is 5.56 Å². The first-order chi connectivity index (χ1) is 12.3. The van der Waals surface area contributed by atoms with Crippen LogP contribution in [0.2, 0.25) is 0 Å². The van der Waals surface area contributed by atoms with Crippen molar-refractivity contribution in [3.05, 3.63) is 41.1 Å². The summed E-state index contributed by atoms with van der Waals surface area (Å²) in [6.07, 6.45) is 3.94. The number of amides is 1. The molecule has 26 heavy (non-hydrogen) atoms. The number of fused-ring (bicyclic) bond motifs is 1. The number of aryl methyl sites for hydroxylation is 1. The zero-order valence-electron chi connectivity index (χ0n) is 15.2. The van der Waals surface area contributed by atoms with Crippen LogP contribution in [0.3, 0.4) is 0 Å². The highest BCUT2D eigenvalue weighted by atomic mass is 16.3. The number of nitrogens with two attached hydrogens (primary N) is 1. The van der Waals surface area contributed by atoms with Gasteiger partial charge in [-0.3, -0.25) is 4.79 Å². The lowest BCUT2D eigenvalue weighted by atomic mass is 9.88. The Morgan fingerprint density at radius 2 is 1.96 bits per heavy atom. The van der Waals surface area contributed by atoms with E-state index in [1.54, 1.807) is 12.1 Å². The quantitative estimate of drug-likeness (QED) is 0.879. The Morgan fingerprint density at radius 1 is 1.23 bits per heavy atom. The summed E-state index contributed by atoms with van der Waals surface area (Å²) in [6, 6.07) is 7.31. The topological polar surface area (TPSA) is 92.3 Å². The lowest BCUT2D eigenvalue weighted by Gasteiger charge is -2.47. The summed E-state index contributed by atoms with van der Waals surface area (Å²) in [7, 11) is 0. The number of carbonyl (C=O) groups is 1. The van der Waals surface area contributed by atoms with E-state index in [9.17, 15) is 9.90 Å². The predicted molar refractivity (Wildman–Crippen MR) is 100 cm³/mol. The van der Waals surface area contributed by atoms with Crippen LogP contribution in [0.15, 0.2) is 24.3 Å². The van der Waals surface area contributed by atoms with Gasteiger partial charge in [0.15, 0.2) is 0 Å². The number of aromatic nitrogens is 2. The number of primary amides is 1. The molecule has 1 aliphatic carbocycles. The molecule has 1 amide bonds. The van der Waals surface area contributed by atoms with Crippen molar-refractivity contribution in [3.63, 3.8) is 0 Å². The van der Waals surface area contributed by atoms with Crippen LogP contribution in [-0.2, 0) is 12.8 Å². The van der Waals surface area contributed by atoms with Crippen LogP contribution in [0, 0.1) is 0 Å². The highest BCUT2D eigenvalue weighted by Crippen LogP contribution is 2.36. The zero-order valence-corrected chi connectivity index (χ0v) is 15.2. The molecule has 3 N–H and O–H groups in total. The number of carbonyl (C=O) groups excluding carboxylic acids is 1. The fraction of sp³-hybridized carbons (Fsp3) is 0.450. The van der Waals surface area contributed by atoms with Gasteiger partial charge in [0.25, 0.3) is 0 Å². The fourth-order valence-corrected chi connectivity index (χ4v) is 3.94. The summed E-state index contributed by atoms with van der Waals surface area (Å²) >= 11 is 0. The molecular weight excluding hydrogens is 328 g/mol. The van der Waals surface area contributed by atoms with Crippen LogP contribution in [0.1, 0.15) is 48.3 Å². The van der Waals surface area contributed by atoms with Gasteiger partial charge in [-0.15, -0.1) is 0 Å². The van der Waals surface area contributed by atoms with Crippen molar-refractivity contribution in [2.75, 3.05) is 11.4 Å². The second-order valence-electron chi connectivity index (χ2n) is 7.74. The maximum atomic E-state index is 11.3. The maximum Gasteiger partial charge on any atom is 0.248 e. The fourth-order valence-electron chi connectivity index (χ4n) is 3.94. The largest absolute Gasteiger partial charge is 0.388 e. The maximum absolute atomic E-state index is 11.3. The van der Waals surface area contributed by atoms with E-state index in [0.717, 1.165) is 49.2 Å². The van der Waals surface area contributed by atoms with Crippen LogP contribution in [-0.4, -0.2) is 39.2 Å². The van der Waals surface area contributed by atoms with E-state index in [2.05, 4.69) is 4.90 Å². The van der Waals surface area contributed by atoms with Crippen molar-refractivity contribution < 1.29 is 9.90 Å². The number of rotatable bonds is 4. The zero-order chi connectivity index (χ0) is 18.5. The second kappa shape index (κ2) is 6.06. The molecule has 2 aliphatic rings. The first kappa shape index (κ1) is 17.0. The minimum Gasteiger partial charge on any atom is -0.388 e. The van der Waals surface area contributed by atoms with Crippen molar-refractivity contribution in [2.45, 2.75) is 51.2 Å². The van der Waals surface area contributed by atoms with Gasteiger partial charge in [0.2, 0.25) is 11.9 Å². The minimum atomic E-state index is -0.788. The van der Waals surface area contributed by atoms with Gasteiger partial charge < -0.3 is 15.7 Å². The van der Waals surface area contributed by atoms with E-state index < -0.39 is 11.5 Å². The molecular formula is C20H24N4O2. The van der Waals surface area contributed by atoms with E-state index in [1.807, 2.05) is 26.0 Å². The van der Waals surface area contributed by atoms with E-state index in [0.29, 0.717) is 11.5 Å². The summed E-state index contributed by atoms with van der Waals surface area (Å²) in [6.45, 7) is 4.52. The van der Waals surface area contributed by atoms with E-state index >= 15 is 0 Å². The number of anilines is 1. The van der Waals surface area contributed by atoms with Gasteiger partial charge in [0.05, 0.1) is 17.3 Å². The second-order valence-corrected chi connectivity index (χ2v) is 7.74. The smallest absolute Gasteiger partial charge is 0.248 e. The number of hydrogen-bond acceptors (Lipinski definition) is 5. The molecule has 1 aliphatic heterocycles. The van der Waals surface area contributed by atoms with Crippen molar-refractivity contribution in [1.82, 2.24) is 9.97 Å². The van der Waals surface area contributed by atoms with Crippen LogP contribution in [0.5, 0.6) is 0 Å². The molecule has 0 radical (unpaired) electrons. The standard InChI is InChI=1S/C20H24N4O2/c1-20(2,26)16-10-11-24(16)19-22-15-5-3-4-14(15)17(23-19)12-6-8-13(9-7-12)18(21)25/h6-9,16,26H,3-5,10-11H2,1-2H3,(H2,21,25)/t16-/m1/s1. The molecule has 4 rings (SSSR count). The number of hydrogen-bond donors (Lipinski definition) is 2. The van der Waals surface area contributed by atoms with Gasteiger partial charge in [-0.2, -0.15) is 0 Å². The molecule has 136 valence electrons. The average molecular weight is 352 g/mol. The summed E-state index contributed by atoms with van der Waals surface area (Å²) in [5.41, 5.74) is 9.24. The summed E-state index contributed by atoms with van der Waals surface area (Å²) in [5, 5.41) is 10.4. The molecule has 1 saturated heterocycles. The van der Waals surface area contributed by atoms with Crippen LogP contribution in [0.25, 0.3) is 11.3 Å². The molecule has 1 aromatic carbocycles. The Hall–Kier alpha value is -2.47. The third kappa shape index (κ3) is 2.84. The van der Waals surface area contributed by atoms with Crippen molar-refractivity contribution >= 4 is 11.9 Å². The number of benzene rings is 1. The van der Waals surface area contributed by atoms with Gasteiger partial charge in [-0.25, -0.2) is 9.97 Å². The Bertz CT molecular complexity index is 855. The summed E-state index contributed by atoms with van der Waals surface area (Å²) < 4.78 is 0. The van der Waals surface area contributed by atoms with Gasteiger partial charge in [0.1, 0.15) is 0 Å². The minimum absolute atomic E-state index is 0.0343. The van der Waals surface area contributed by atoms with Crippen LogP contribution in [0.4, 0.5) is 5.95 Å². The van der Waals surface area contributed by atoms with Crippen molar-refractivity contribution in [2.24, 2.45) is 5.73 Å². The van der Waals surface area contributed by atoms with Gasteiger partial charge in [-0.1, -0.05) is 12.1 Å². The van der Waals surface area contributed by atoms with E-state index in [4.69, 9.17) is 15.7 Å². The normalized spacial score (nSPS) is 19.2. The monoisotopic (exact) mass is 352 g/mol. The molecule has 1 fully saturated rings. The van der Waals surface area contributed by atoms with Gasteiger partial charge in [0, 0.05) is 28.9 Å². The third-order valence-electron chi connectivity index (χ3n) is 5.46. The average Bonchev–Trinajstić information content (AvgIpc) is 3.00. The predicted octanol–water partition coefficient (Wildman–Crippen LogP) is 2.08. The molecule has 1 atom stereocenters. The molecule has 6 nitrogen and oxygen atoms in total. The highest BCUT2D eigenvalue weighted by molar-refractivity contribution is 5.93. The Morgan fingerprint density at radius 3 is 2.54 bits per heavy atom. The molecule has 0 bridgehead atoms. The Balaban J connectivity index is 1.75. The Kier molecular flexibility index (Phi) is 3.95. The summed E-state index contributed by atoms with van der Waals surface area (Å²) in [5.74, 6) is 0.261. The lowest BCUT2D eigenvalue weighted by molar-refractivity contribution is 0.0286.